The lowest BCUT2D eigenvalue weighted by Gasteiger charge is -2.05. The molecule has 3 nitrogen and oxygen atoms in total. The third-order valence-electron chi connectivity index (χ3n) is 1.69. The van der Waals surface area contributed by atoms with Crippen molar-refractivity contribution >= 4 is 5.97 Å². The molecule has 68 valence electrons. The molecule has 0 radical (unpaired) electrons. The number of carboxylic acids is 1. The summed E-state index contributed by atoms with van der Waals surface area (Å²) in [6, 6.07) is -0.764. The quantitative estimate of drug-likeness (QED) is 0.610. The monoisotopic (exact) mass is 169 g/mol. The summed E-state index contributed by atoms with van der Waals surface area (Å²) in [7, 11) is 0. The number of carbonyl (C=O) groups is 1. The Morgan fingerprint density at radius 2 is 2.33 bits per heavy atom. The zero-order valence-corrected chi connectivity index (χ0v) is 7.29. The largest absolute Gasteiger partial charge is 0.480 e. The van der Waals surface area contributed by atoms with Crippen LogP contribution in [0, 0.1) is 0 Å². The smallest absolute Gasteiger partial charge is 0.320 e. The molecule has 0 spiro atoms. The third-order valence-corrected chi connectivity index (χ3v) is 1.69. The number of aliphatic carboxylic acids is 1. The van der Waals surface area contributed by atoms with Gasteiger partial charge in [-0.1, -0.05) is 24.3 Å². The highest BCUT2D eigenvalue weighted by atomic mass is 16.4. The second-order valence-electron chi connectivity index (χ2n) is 2.55. The van der Waals surface area contributed by atoms with Crippen LogP contribution in [0.3, 0.4) is 0 Å². The summed E-state index contributed by atoms with van der Waals surface area (Å²) in [5.41, 5.74) is 6.35. The number of nitrogens with two attached hydrogens (primary N) is 1. The molecular formula is C9H15NO2. The Morgan fingerprint density at radius 1 is 1.75 bits per heavy atom. The molecule has 0 aromatic heterocycles. The van der Waals surface area contributed by atoms with Gasteiger partial charge >= 0.3 is 5.97 Å². The van der Waals surface area contributed by atoms with E-state index in [0.717, 1.165) is 5.57 Å². The van der Waals surface area contributed by atoms with Crippen molar-refractivity contribution in [3.05, 3.63) is 24.3 Å². The third kappa shape index (κ3) is 3.93. The first-order valence-corrected chi connectivity index (χ1v) is 3.87. The number of hydrogen-bond acceptors (Lipinski definition) is 2. The summed E-state index contributed by atoms with van der Waals surface area (Å²) < 4.78 is 0. The maximum absolute atomic E-state index is 10.3. The minimum Gasteiger partial charge on any atom is -0.480 e. The van der Waals surface area contributed by atoms with Gasteiger partial charge < -0.3 is 10.8 Å². The van der Waals surface area contributed by atoms with Crippen molar-refractivity contribution in [2.24, 2.45) is 5.73 Å². The summed E-state index contributed by atoms with van der Waals surface area (Å²) in [6.45, 7) is 5.49. The summed E-state index contributed by atoms with van der Waals surface area (Å²) >= 11 is 0. The van der Waals surface area contributed by atoms with Crippen LogP contribution in [0.4, 0.5) is 0 Å². The normalized spacial score (nSPS) is 14.0. The second-order valence-corrected chi connectivity index (χ2v) is 2.55. The molecule has 0 amide bonds. The molecule has 0 aromatic rings. The van der Waals surface area contributed by atoms with Crippen molar-refractivity contribution in [1.29, 1.82) is 0 Å². The summed E-state index contributed by atoms with van der Waals surface area (Å²) in [5.74, 6) is -0.950. The standard InChI is InChI=1S/C9H15NO2/c1-3-7(4-2)5-6-8(10)9(11)12/h3-4,8H,1,5-6,10H2,2H3,(H,11,12)/b7-4+. The van der Waals surface area contributed by atoms with Gasteiger partial charge in [-0.15, -0.1) is 0 Å². The highest BCUT2D eigenvalue weighted by Crippen LogP contribution is 2.07. The Kier molecular flexibility index (Phi) is 5.04. The highest BCUT2D eigenvalue weighted by molar-refractivity contribution is 5.73. The SMILES string of the molecule is C=C/C(=C\C)CCC(N)C(=O)O. The molecule has 1 atom stereocenters. The van der Waals surface area contributed by atoms with Crippen molar-refractivity contribution in [2.75, 3.05) is 0 Å². The summed E-state index contributed by atoms with van der Waals surface area (Å²) in [6.07, 6.45) is 4.75. The van der Waals surface area contributed by atoms with Gasteiger partial charge in [0, 0.05) is 0 Å². The van der Waals surface area contributed by atoms with Crippen molar-refractivity contribution in [3.8, 4) is 0 Å². The molecule has 3 N–H and O–H groups in total. The molecule has 0 saturated carbocycles. The Bertz CT molecular complexity index is 197. The molecule has 0 rings (SSSR count). The molecular weight excluding hydrogens is 154 g/mol. The Balaban J connectivity index is 3.82. The van der Waals surface area contributed by atoms with Crippen LogP contribution in [0.25, 0.3) is 0 Å². The van der Waals surface area contributed by atoms with Crippen molar-refractivity contribution < 1.29 is 9.90 Å². The zero-order chi connectivity index (χ0) is 9.56. The first-order chi connectivity index (χ1) is 5.61. The minimum absolute atomic E-state index is 0.459. The van der Waals surface area contributed by atoms with Crippen LogP contribution in [0.1, 0.15) is 19.8 Å². The van der Waals surface area contributed by atoms with Crippen LogP contribution in [-0.4, -0.2) is 17.1 Å². The Morgan fingerprint density at radius 3 is 2.67 bits per heavy atom. The van der Waals surface area contributed by atoms with Gasteiger partial charge in [0.05, 0.1) is 0 Å². The minimum atomic E-state index is -0.950. The number of allylic oxidation sites excluding steroid dienone is 3. The molecule has 0 aliphatic heterocycles. The van der Waals surface area contributed by atoms with E-state index in [1.807, 2.05) is 13.0 Å². The first-order valence-electron chi connectivity index (χ1n) is 3.87. The van der Waals surface area contributed by atoms with E-state index in [1.54, 1.807) is 6.08 Å². The van der Waals surface area contributed by atoms with Gasteiger partial charge in [-0.3, -0.25) is 4.79 Å². The molecule has 0 aliphatic carbocycles. The highest BCUT2D eigenvalue weighted by Gasteiger charge is 2.10. The molecule has 0 aliphatic rings. The maximum atomic E-state index is 10.3. The van der Waals surface area contributed by atoms with E-state index in [1.165, 1.54) is 0 Å². The maximum Gasteiger partial charge on any atom is 0.320 e. The van der Waals surface area contributed by atoms with Crippen molar-refractivity contribution in [2.45, 2.75) is 25.8 Å². The van der Waals surface area contributed by atoms with E-state index in [4.69, 9.17) is 10.8 Å². The van der Waals surface area contributed by atoms with Crippen LogP contribution in [0.2, 0.25) is 0 Å². The molecule has 0 heterocycles. The molecule has 0 bridgehead atoms. The van der Waals surface area contributed by atoms with Gasteiger partial charge in [0.2, 0.25) is 0 Å². The van der Waals surface area contributed by atoms with E-state index < -0.39 is 12.0 Å². The average Bonchev–Trinajstić information content (AvgIpc) is 2.05. The van der Waals surface area contributed by atoms with E-state index in [2.05, 4.69) is 6.58 Å². The lowest BCUT2D eigenvalue weighted by molar-refractivity contribution is -0.138. The number of carboxylic acid groups (broad SMARTS) is 1. The second kappa shape index (κ2) is 5.55. The molecule has 1 unspecified atom stereocenters. The van der Waals surface area contributed by atoms with Crippen molar-refractivity contribution in [1.82, 2.24) is 0 Å². The molecule has 3 heteroatoms. The summed E-state index contributed by atoms with van der Waals surface area (Å²) in [4.78, 5) is 10.3. The topological polar surface area (TPSA) is 63.3 Å². The van der Waals surface area contributed by atoms with Gasteiger partial charge in [0.1, 0.15) is 6.04 Å². The molecule has 0 fully saturated rings. The molecule has 12 heavy (non-hydrogen) atoms. The van der Waals surface area contributed by atoms with Gasteiger partial charge in [-0.05, 0) is 19.8 Å². The van der Waals surface area contributed by atoms with Gasteiger partial charge in [0.15, 0.2) is 0 Å². The molecule has 0 aromatic carbocycles. The van der Waals surface area contributed by atoms with Crippen LogP contribution in [-0.2, 0) is 4.79 Å². The fraction of sp³-hybridized carbons (Fsp3) is 0.444. The lowest BCUT2D eigenvalue weighted by Crippen LogP contribution is -2.29. The van der Waals surface area contributed by atoms with Crippen LogP contribution >= 0.6 is 0 Å². The average molecular weight is 169 g/mol. The van der Waals surface area contributed by atoms with Gasteiger partial charge in [-0.25, -0.2) is 0 Å². The molecule has 0 saturated heterocycles. The van der Waals surface area contributed by atoms with Crippen LogP contribution in [0.15, 0.2) is 24.3 Å². The predicted molar refractivity (Wildman–Crippen MR) is 48.8 cm³/mol. The lowest BCUT2D eigenvalue weighted by atomic mass is 10.1. The zero-order valence-electron chi connectivity index (χ0n) is 7.29. The van der Waals surface area contributed by atoms with E-state index in [0.29, 0.717) is 12.8 Å². The van der Waals surface area contributed by atoms with Crippen LogP contribution < -0.4 is 5.73 Å². The van der Waals surface area contributed by atoms with Gasteiger partial charge in [0.25, 0.3) is 0 Å². The predicted octanol–water partition coefficient (Wildman–Crippen LogP) is 1.31. The first kappa shape index (κ1) is 10.9. The fourth-order valence-corrected chi connectivity index (χ4v) is 0.810. The Labute approximate surface area is 72.6 Å². The van der Waals surface area contributed by atoms with Gasteiger partial charge in [-0.2, -0.15) is 0 Å². The number of rotatable bonds is 5. The van der Waals surface area contributed by atoms with Crippen molar-refractivity contribution in [3.63, 3.8) is 0 Å². The number of hydrogen-bond donors (Lipinski definition) is 2. The van der Waals surface area contributed by atoms with Crippen LogP contribution in [0.5, 0.6) is 0 Å². The Hall–Kier alpha value is -1.09. The summed E-state index contributed by atoms with van der Waals surface area (Å²) in [5, 5.41) is 8.47. The van der Waals surface area contributed by atoms with E-state index >= 15 is 0 Å². The van der Waals surface area contributed by atoms with E-state index in [-0.39, 0.29) is 0 Å². The fourth-order valence-electron chi connectivity index (χ4n) is 0.810. The van der Waals surface area contributed by atoms with E-state index in [9.17, 15) is 4.79 Å².